The Hall–Kier alpha value is -0.930. The van der Waals surface area contributed by atoms with Crippen LogP contribution in [0.25, 0.3) is 6.08 Å². The van der Waals surface area contributed by atoms with Gasteiger partial charge in [-0.2, -0.15) is 0 Å². The second-order valence-electron chi connectivity index (χ2n) is 3.09. The van der Waals surface area contributed by atoms with Crippen molar-refractivity contribution >= 4 is 17.2 Å². The standard InChI is InChI=1S/C10H10O2S/c11-13(12)7-8-4-5-9-2-1-3-10(9)6-8/h1,3-6H,2,7H2,(H,11,12)/p-1. The molecule has 0 saturated heterocycles. The Labute approximate surface area is 79.6 Å². The molecule has 0 amide bonds. The van der Waals surface area contributed by atoms with Crippen molar-refractivity contribution in [3.63, 3.8) is 0 Å². The normalized spacial score (nSPS) is 15.8. The molecule has 0 N–H and O–H groups in total. The first-order chi connectivity index (χ1) is 6.25. The van der Waals surface area contributed by atoms with Crippen LogP contribution in [0.15, 0.2) is 24.3 Å². The van der Waals surface area contributed by atoms with E-state index in [9.17, 15) is 8.76 Å². The van der Waals surface area contributed by atoms with Crippen molar-refractivity contribution in [3.05, 3.63) is 41.0 Å². The monoisotopic (exact) mass is 193 g/mol. The van der Waals surface area contributed by atoms with Crippen LogP contribution in [0.1, 0.15) is 16.7 Å². The fraction of sp³-hybridized carbons (Fsp3) is 0.200. The van der Waals surface area contributed by atoms with E-state index in [2.05, 4.69) is 6.08 Å². The molecule has 0 aliphatic heterocycles. The lowest BCUT2D eigenvalue weighted by Gasteiger charge is -2.06. The third-order valence-corrected chi connectivity index (χ3v) is 2.70. The summed E-state index contributed by atoms with van der Waals surface area (Å²) in [7, 11) is 0. The topological polar surface area (TPSA) is 40.1 Å². The van der Waals surface area contributed by atoms with Crippen LogP contribution in [0.5, 0.6) is 0 Å². The van der Waals surface area contributed by atoms with Gasteiger partial charge in [0.1, 0.15) is 0 Å². The Morgan fingerprint density at radius 1 is 1.46 bits per heavy atom. The van der Waals surface area contributed by atoms with Crippen LogP contribution in [0, 0.1) is 0 Å². The van der Waals surface area contributed by atoms with Crippen LogP contribution in [-0.2, 0) is 23.3 Å². The van der Waals surface area contributed by atoms with Crippen molar-refractivity contribution in [2.45, 2.75) is 12.2 Å². The van der Waals surface area contributed by atoms with E-state index in [-0.39, 0.29) is 5.75 Å². The maximum Gasteiger partial charge on any atom is 0.0353 e. The molecule has 1 aliphatic carbocycles. The molecule has 13 heavy (non-hydrogen) atoms. The Kier molecular flexibility index (Phi) is 2.29. The van der Waals surface area contributed by atoms with E-state index in [0.717, 1.165) is 17.5 Å². The average molecular weight is 193 g/mol. The van der Waals surface area contributed by atoms with Gasteiger partial charge >= 0.3 is 0 Å². The Morgan fingerprint density at radius 2 is 2.31 bits per heavy atom. The van der Waals surface area contributed by atoms with Crippen LogP contribution in [0.3, 0.4) is 0 Å². The molecule has 0 spiro atoms. The predicted octanol–water partition coefficient (Wildman–Crippen LogP) is 1.64. The Bertz CT molecular complexity index is 383. The third-order valence-electron chi connectivity index (χ3n) is 2.13. The molecule has 0 bridgehead atoms. The summed E-state index contributed by atoms with van der Waals surface area (Å²) in [5, 5.41) is 0. The highest BCUT2D eigenvalue weighted by molar-refractivity contribution is 7.78. The zero-order chi connectivity index (χ0) is 9.26. The van der Waals surface area contributed by atoms with Gasteiger partial charge in [0.2, 0.25) is 0 Å². The molecule has 0 aromatic heterocycles. The zero-order valence-electron chi connectivity index (χ0n) is 7.03. The molecule has 1 aliphatic rings. The van der Waals surface area contributed by atoms with Gasteiger partial charge in [-0.1, -0.05) is 41.4 Å². The molecule has 2 nitrogen and oxygen atoms in total. The summed E-state index contributed by atoms with van der Waals surface area (Å²) in [5.74, 6) is 0.112. The average Bonchev–Trinajstić information content (AvgIpc) is 2.49. The summed E-state index contributed by atoms with van der Waals surface area (Å²) in [6, 6.07) is 5.81. The van der Waals surface area contributed by atoms with Crippen molar-refractivity contribution in [1.82, 2.24) is 0 Å². The number of fused-ring (bicyclic) bond motifs is 1. The number of benzene rings is 1. The van der Waals surface area contributed by atoms with Crippen molar-refractivity contribution in [3.8, 4) is 0 Å². The van der Waals surface area contributed by atoms with E-state index in [1.54, 1.807) is 0 Å². The van der Waals surface area contributed by atoms with E-state index in [4.69, 9.17) is 0 Å². The van der Waals surface area contributed by atoms with E-state index < -0.39 is 11.1 Å². The summed E-state index contributed by atoms with van der Waals surface area (Å²) < 4.78 is 20.9. The molecule has 1 atom stereocenters. The van der Waals surface area contributed by atoms with Gasteiger partial charge in [0.05, 0.1) is 0 Å². The van der Waals surface area contributed by atoms with Crippen LogP contribution >= 0.6 is 0 Å². The SMILES string of the molecule is O=S([O-])Cc1ccc2c(c1)C=CC2. The highest BCUT2D eigenvalue weighted by Gasteiger charge is 2.04. The number of hydrogen-bond acceptors (Lipinski definition) is 2. The van der Waals surface area contributed by atoms with E-state index in [1.165, 1.54) is 5.56 Å². The maximum atomic E-state index is 10.5. The Balaban J connectivity index is 2.30. The molecular formula is C10H9O2S-. The van der Waals surface area contributed by atoms with Gasteiger partial charge in [-0.05, 0) is 23.1 Å². The lowest BCUT2D eigenvalue weighted by molar-refractivity contribution is 0.536. The number of rotatable bonds is 2. The van der Waals surface area contributed by atoms with Crippen LogP contribution in [-0.4, -0.2) is 8.76 Å². The van der Waals surface area contributed by atoms with Crippen molar-refractivity contribution in [1.29, 1.82) is 0 Å². The first-order valence-corrected chi connectivity index (χ1v) is 5.34. The van der Waals surface area contributed by atoms with Gasteiger partial charge in [0, 0.05) is 5.75 Å². The van der Waals surface area contributed by atoms with Gasteiger partial charge in [0.15, 0.2) is 0 Å². The van der Waals surface area contributed by atoms with Crippen LogP contribution < -0.4 is 0 Å². The smallest absolute Gasteiger partial charge is 0.0353 e. The van der Waals surface area contributed by atoms with E-state index >= 15 is 0 Å². The summed E-state index contributed by atoms with van der Waals surface area (Å²) in [6.07, 6.45) is 5.09. The molecule has 2 rings (SSSR count). The number of hydrogen-bond donors (Lipinski definition) is 0. The third kappa shape index (κ3) is 1.87. The largest absolute Gasteiger partial charge is 0.772 e. The van der Waals surface area contributed by atoms with Crippen LogP contribution in [0.4, 0.5) is 0 Å². The van der Waals surface area contributed by atoms with Crippen molar-refractivity contribution < 1.29 is 8.76 Å². The highest BCUT2D eigenvalue weighted by Crippen LogP contribution is 2.20. The molecule has 0 heterocycles. The Morgan fingerprint density at radius 3 is 3.08 bits per heavy atom. The minimum absolute atomic E-state index is 0.112. The second kappa shape index (κ2) is 3.44. The quantitative estimate of drug-likeness (QED) is 0.670. The van der Waals surface area contributed by atoms with E-state index in [1.807, 2.05) is 24.3 Å². The number of allylic oxidation sites excluding steroid dienone is 1. The molecule has 0 fully saturated rings. The summed E-state index contributed by atoms with van der Waals surface area (Å²) in [5.41, 5.74) is 3.29. The minimum atomic E-state index is -1.99. The summed E-state index contributed by atoms with van der Waals surface area (Å²) in [6.45, 7) is 0. The van der Waals surface area contributed by atoms with Gasteiger partial charge in [0.25, 0.3) is 0 Å². The molecule has 0 radical (unpaired) electrons. The first kappa shape index (κ1) is 8.66. The molecule has 0 saturated carbocycles. The summed E-state index contributed by atoms with van der Waals surface area (Å²) in [4.78, 5) is 0. The first-order valence-electron chi connectivity index (χ1n) is 4.10. The molecule has 1 aromatic carbocycles. The zero-order valence-corrected chi connectivity index (χ0v) is 7.84. The minimum Gasteiger partial charge on any atom is -0.772 e. The lowest BCUT2D eigenvalue weighted by Crippen LogP contribution is -1.94. The van der Waals surface area contributed by atoms with Gasteiger partial charge < -0.3 is 4.55 Å². The fourth-order valence-electron chi connectivity index (χ4n) is 1.52. The molecule has 68 valence electrons. The van der Waals surface area contributed by atoms with Crippen LogP contribution in [0.2, 0.25) is 0 Å². The van der Waals surface area contributed by atoms with Gasteiger partial charge in [-0.15, -0.1) is 0 Å². The maximum absolute atomic E-state index is 10.5. The lowest BCUT2D eigenvalue weighted by atomic mass is 10.1. The van der Waals surface area contributed by atoms with E-state index in [0.29, 0.717) is 0 Å². The highest BCUT2D eigenvalue weighted by atomic mass is 32.2. The molecular weight excluding hydrogens is 184 g/mol. The molecule has 3 heteroatoms. The van der Waals surface area contributed by atoms with Crippen molar-refractivity contribution in [2.75, 3.05) is 0 Å². The fourth-order valence-corrected chi connectivity index (χ4v) is 1.98. The van der Waals surface area contributed by atoms with Crippen molar-refractivity contribution in [2.24, 2.45) is 0 Å². The molecule has 1 unspecified atom stereocenters. The summed E-state index contributed by atoms with van der Waals surface area (Å²) >= 11 is -1.99. The predicted molar refractivity (Wildman–Crippen MR) is 51.8 cm³/mol. The van der Waals surface area contributed by atoms with Gasteiger partial charge in [-0.3, -0.25) is 4.21 Å². The second-order valence-corrected chi connectivity index (χ2v) is 3.98. The van der Waals surface area contributed by atoms with Gasteiger partial charge in [-0.25, -0.2) is 0 Å². The molecule has 1 aromatic rings.